The molecule has 0 aromatic carbocycles. The Morgan fingerprint density at radius 1 is 1.39 bits per heavy atom. The van der Waals surface area contributed by atoms with Crippen molar-refractivity contribution in [3.8, 4) is 0 Å². The van der Waals surface area contributed by atoms with Gasteiger partial charge in [0, 0.05) is 26.1 Å². The molecule has 1 heterocycles. The molecule has 0 amide bonds. The molecule has 6 heteroatoms. The number of fused-ring (bicyclic) bond motifs is 2. The lowest BCUT2D eigenvalue weighted by molar-refractivity contribution is 0.207. The number of furan rings is 1. The van der Waals surface area contributed by atoms with Crippen molar-refractivity contribution < 1.29 is 9.15 Å². The fourth-order valence-electron chi connectivity index (χ4n) is 3.76. The fraction of sp³-hybridized carbons (Fsp3) is 0.706. The average molecular weight is 433 g/mol. The van der Waals surface area contributed by atoms with E-state index in [0.29, 0.717) is 19.2 Å². The average Bonchev–Trinajstić information content (AvgIpc) is 3.25. The zero-order valence-electron chi connectivity index (χ0n) is 13.8. The summed E-state index contributed by atoms with van der Waals surface area (Å²) < 4.78 is 10.5. The van der Waals surface area contributed by atoms with Gasteiger partial charge in [-0.3, -0.25) is 4.99 Å². The second-order valence-corrected chi connectivity index (χ2v) is 6.40. The van der Waals surface area contributed by atoms with Crippen LogP contribution in [0.3, 0.4) is 0 Å². The maximum absolute atomic E-state index is 5.37. The van der Waals surface area contributed by atoms with Gasteiger partial charge in [0.2, 0.25) is 0 Å². The van der Waals surface area contributed by atoms with Crippen LogP contribution in [-0.4, -0.2) is 38.8 Å². The predicted molar refractivity (Wildman–Crippen MR) is 102 cm³/mol. The number of ether oxygens (including phenoxy) is 1. The van der Waals surface area contributed by atoms with Gasteiger partial charge in [-0.2, -0.15) is 0 Å². The van der Waals surface area contributed by atoms with E-state index in [1.807, 2.05) is 12.1 Å². The van der Waals surface area contributed by atoms with Crippen molar-refractivity contribution in [3.05, 3.63) is 24.2 Å². The number of halogens is 1. The van der Waals surface area contributed by atoms with Crippen molar-refractivity contribution >= 4 is 29.9 Å². The molecule has 130 valence electrons. The topological polar surface area (TPSA) is 58.8 Å². The first kappa shape index (κ1) is 18.6. The molecule has 2 aliphatic carbocycles. The maximum Gasteiger partial charge on any atom is 0.191 e. The number of aliphatic imine (C=N–C) groups is 1. The first-order valence-corrected chi connectivity index (χ1v) is 8.41. The summed E-state index contributed by atoms with van der Waals surface area (Å²) in [6, 6.07) is 4.53. The zero-order valence-corrected chi connectivity index (χ0v) is 16.1. The third kappa shape index (κ3) is 5.38. The molecular formula is C17H28IN3O2. The molecular weight excluding hydrogens is 405 g/mol. The fourth-order valence-corrected chi connectivity index (χ4v) is 3.76. The molecule has 2 aliphatic rings. The van der Waals surface area contributed by atoms with Crippen LogP contribution < -0.4 is 10.6 Å². The number of rotatable bonds is 7. The van der Waals surface area contributed by atoms with Crippen LogP contribution in [0.1, 0.15) is 31.4 Å². The van der Waals surface area contributed by atoms with Gasteiger partial charge >= 0.3 is 0 Å². The molecule has 2 N–H and O–H groups in total. The molecule has 2 fully saturated rings. The van der Waals surface area contributed by atoms with Crippen molar-refractivity contribution in [2.45, 2.75) is 38.1 Å². The van der Waals surface area contributed by atoms with Crippen LogP contribution in [0.15, 0.2) is 27.8 Å². The van der Waals surface area contributed by atoms with Crippen LogP contribution in [0.4, 0.5) is 0 Å². The van der Waals surface area contributed by atoms with Gasteiger partial charge in [0.05, 0.1) is 19.4 Å². The molecule has 3 unspecified atom stereocenters. The summed E-state index contributed by atoms with van der Waals surface area (Å²) in [5.41, 5.74) is 0. The highest BCUT2D eigenvalue weighted by atomic mass is 127. The lowest BCUT2D eigenvalue weighted by atomic mass is 9.95. The number of nitrogens with zero attached hydrogens (tertiary/aromatic N) is 1. The molecule has 0 aliphatic heterocycles. The molecule has 5 nitrogen and oxygen atoms in total. The van der Waals surface area contributed by atoms with Gasteiger partial charge in [-0.25, -0.2) is 0 Å². The van der Waals surface area contributed by atoms with Crippen molar-refractivity contribution in [2.75, 3.05) is 26.8 Å². The lowest BCUT2D eigenvalue weighted by Crippen LogP contribution is -2.46. The number of hydrogen-bond acceptors (Lipinski definition) is 3. The van der Waals surface area contributed by atoms with E-state index in [-0.39, 0.29) is 24.0 Å². The van der Waals surface area contributed by atoms with E-state index < -0.39 is 0 Å². The van der Waals surface area contributed by atoms with E-state index in [9.17, 15) is 0 Å². The minimum atomic E-state index is 0. The summed E-state index contributed by atoms with van der Waals surface area (Å²) in [6.07, 6.45) is 8.08. The normalized spacial score (nSPS) is 26.1. The minimum absolute atomic E-state index is 0. The molecule has 0 radical (unpaired) electrons. The summed E-state index contributed by atoms with van der Waals surface area (Å²) in [6.45, 7) is 2.17. The number of guanidine groups is 1. The molecule has 2 bridgehead atoms. The van der Waals surface area contributed by atoms with E-state index in [1.165, 1.54) is 25.7 Å². The Hall–Kier alpha value is -0.760. The third-order valence-electron chi connectivity index (χ3n) is 4.87. The Morgan fingerprint density at radius 3 is 2.96 bits per heavy atom. The Labute approximate surface area is 155 Å². The molecule has 1 aromatic rings. The van der Waals surface area contributed by atoms with Gasteiger partial charge in [-0.1, -0.05) is 6.42 Å². The Balaban J connectivity index is 0.00000192. The molecule has 1 aromatic heterocycles. The monoisotopic (exact) mass is 433 g/mol. The van der Waals surface area contributed by atoms with Crippen LogP contribution in [-0.2, 0) is 11.2 Å². The van der Waals surface area contributed by atoms with Crippen LogP contribution in [0.2, 0.25) is 0 Å². The summed E-state index contributed by atoms with van der Waals surface area (Å²) in [4.78, 5) is 4.62. The summed E-state index contributed by atoms with van der Waals surface area (Å²) in [7, 11) is 1.71. The number of nitrogens with one attached hydrogen (secondary N) is 2. The third-order valence-corrected chi connectivity index (χ3v) is 4.87. The van der Waals surface area contributed by atoms with Gasteiger partial charge in [0.15, 0.2) is 5.96 Å². The Kier molecular flexibility index (Phi) is 7.69. The SMILES string of the molecule is COCCN=C(NCCc1ccco1)NC1CC2CCC1C2.I. The van der Waals surface area contributed by atoms with E-state index in [0.717, 1.165) is 36.5 Å². The maximum atomic E-state index is 5.37. The van der Waals surface area contributed by atoms with E-state index >= 15 is 0 Å². The number of hydrogen-bond donors (Lipinski definition) is 2. The van der Waals surface area contributed by atoms with E-state index in [4.69, 9.17) is 9.15 Å². The highest BCUT2D eigenvalue weighted by molar-refractivity contribution is 14.0. The summed E-state index contributed by atoms with van der Waals surface area (Å²) in [5, 5.41) is 7.07. The molecule has 3 rings (SSSR count). The highest BCUT2D eigenvalue weighted by Gasteiger charge is 2.39. The van der Waals surface area contributed by atoms with E-state index in [2.05, 4.69) is 15.6 Å². The first-order chi connectivity index (χ1) is 10.8. The Bertz CT molecular complexity index is 478. The van der Waals surface area contributed by atoms with Crippen molar-refractivity contribution in [2.24, 2.45) is 16.8 Å². The second-order valence-electron chi connectivity index (χ2n) is 6.40. The summed E-state index contributed by atoms with van der Waals surface area (Å²) >= 11 is 0. The molecule has 23 heavy (non-hydrogen) atoms. The van der Waals surface area contributed by atoms with Gasteiger partial charge in [-0.15, -0.1) is 24.0 Å². The second kappa shape index (κ2) is 9.52. The van der Waals surface area contributed by atoms with Crippen molar-refractivity contribution in [3.63, 3.8) is 0 Å². The van der Waals surface area contributed by atoms with Crippen LogP contribution in [0.25, 0.3) is 0 Å². The molecule has 3 atom stereocenters. The number of methoxy groups -OCH3 is 1. The van der Waals surface area contributed by atoms with Gasteiger partial charge < -0.3 is 19.8 Å². The van der Waals surface area contributed by atoms with Crippen molar-refractivity contribution in [1.82, 2.24) is 10.6 Å². The summed E-state index contributed by atoms with van der Waals surface area (Å²) in [5.74, 6) is 3.69. The standard InChI is InChI=1S/C17H27N3O2.HI/c1-21-10-8-19-17(18-7-6-15-3-2-9-22-15)20-16-12-13-4-5-14(16)11-13;/h2-3,9,13-14,16H,4-8,10-12H2,1H3,(H2,18,19,20);1H. The van der Waals surface area contributed by atoms with Gasteiger partial charge in [0.1, 0.15) is 5.76 Å². The largest absolute Gasteiger partial charge is 0.469 e. The molecule has 0 saturated heterocycles. The molecule has 2 saturated carbocycles. The van der Waals surface area contributed by atoms with Crippen LogP contribution >= 0.6 is 24.0 Å². The van der Waals surface area contributed by atoms with E-state index in [1.54, 1.807) is 13.4 Å². The predicted octanol–water partition coefficient (Wildman–Crippen LogP) is 2.81. The van der Waals surface area contributed by atoms with Gasteiger partial charge in [0.25, 0.3) is 0 Å². The van der Waals surface area contributed by atoms with Crippen LogP contribution in [0.5, 0.6) is 0 Å². The quantitative estimate of drug-likeness (QED) is 0.301. The smallest absolute Gasteiger partial charge is 0.191 e. The Morgan fingerprint density at radius 2 is 2.30 bits per heavy atom. The molecule has 0 spiro atoms. The first-order valence-electron chi connectivity index (χ1n) is 8.41. The van der Waals surface area contributed by atoms with Crippen molar-refractivity contribution in [1.29, 1.82) is 0 Å². The zero-order chi connectivity index (χ0) is 15.2. The lowest BCUT2D eigenvalue weighted by Gasteiger charge is -2.25. The van der Waals surface area contributed by atoms with Crippen LogP contribution in [0, 0.1) is 11.8 Å². The highest BCUT2D eigenvalue weighted by Crippen LogP contribution is 2.44. The van der Waals surface area contributed by atoms with Gasteiger partial charge in [-0.05, 0) is 43.2 Å². The minimum Gasteiger partial charge on any atom is -0.469 e.